The Balaban J connectivity index is 1.47. The fraction of sp³-hybridized carbons (Fsp3) is 0.300. The van der Waals surface area contributed by atoms with Gasteiger partial charge in [-0.05, 0) is 43.2 Å². The maximum atomic E-state index is 13.0. The van der Waals surface area contributed by atoms with Crippen molar-refractivity contribution in [2.45, 2.75) is 25.9 Å². The van der Waals surface area contributed by atoms with Crippen molar-refractivity contribution in [3.63, 3.8) is 0 Å². The van der Waals surface area contributed by atoms with Gasteiger partial charge < -0.3 is 20.4 Å². The van der Waals surface area contributed by atoms with Crippen LogP contribution in [0.1, 0.15) is 44.6 Å². The number of amides is 2. The highest BCUT2D eigenvalue weighted by atomic mass is 16.3. The van der Waals surface area contributed by atoms with E-state index in [0.29, 0.717) is 30.9 Å². The number of carbonyl (C=O) groups is 2. The van der Waals surface area contributed by atoms with E-state index in [1.807, 2.05) is 19.2 Å². The number of hydrogen-bond acceptors (Lipinski definition) is 6. The molecule has 2 aromatic heterocycles. The molecular formula is C20H22N6O3. The first kappa shape index (κ1) is 18.9. The summed E-state index contributed by atoms with van der Waals surface area (Å²) in [7, 11) is 0. The van der Waals surface area contributed by atoms with Crippen LogP contribution in [0.3, 0.4) is 0 Å². The van der Waals surface area contributed by atoms with Crippen molar-refractivity contribution in [1.29, 1.82) is 0 Å². The maximum Gasteiger partial charge on any atom is 0.291 e. The minimum Gasteiger partial charge on any atom is -0.459 e. The first-order valence-corrected chi connectivity index (χ1v) is 9.40. The average molecular weight is 394 g/mol. The Labute approximate surface area is 167 Å². The highest BCUT2D eigenvalue weighted by Gasteiger charge is 2.29. The van der Waals surface area contributed by atoms with Crippen molar-refractivity contribution >= 4 is 17.5 Å². The van der Waals surface area contributed by atoms with Gasteiger partial charge in [0, 0.05) is 30.9 Å². The number of hydrogen-bond donors (Lipinski definition) is 2. The number of nitrogens with zero attached hydrogens (tertiary/aromatic N) is 4. The number of benzene rings is 1. The zero-order chi connectivity index (χ0) is 20.4. The van der Waals surface area contributed by atoms with E-state index in [-0.39, 0.29) is 23.6 Å². The zero-order valence-electron chi connectivity index (χ0n) is 16.0. The molecule has 0 bridgehead atoms. The van der Waals surface area contributed by atoms with Gasteiger partial charge in [-0.3, -0.25) is 9.59 Å². The predicted octanol–water partition coefficient (Wildman–Crippen LogP) is 1.98. The quantitative estimate of drug-likeness (QED) is 0.683. The lowest BCUT2D eigenvalue weighted by atomic mass is 10.1. The van der Waals surface area contributed by atoms with E-state index in [0.717, 1.165) is 17.7 Å². The molecule has 1 aromatic carbocycles. The summed E-state index contributed by atoms with van der Waals surface area (Å²) >= 11 is 0. The molecule has 0 radical (unpaired) electrons. The number of furan rings is 1. The lowest BCUT2D eigenvalue weighted by molar-refractivity contribution is 0.0786. The van der Waals surface area contributed by atoms with Crippen LogP contribution in [-0.4, -0.2) is 44.8 Å². The highest BCUT2D eigenvalue weighted by molar-refractivity contribution is 6.04. The van der Waals surface area contributed by atoms with Crippen LogP contribution >= 0.6 is 0 Å². The smallest absolute Gasteiger partial charge is 0.291 e. The molecule has 1 aliphatic rings. The van der Waals surface area contributed by atoms with Crippen molar-refractivity contribution in [2.24, 2.45) is 5.73 Å². The fourth-order valence-corrected chi connectivity index (χ4v) is 3.39. The van der Waals surface area contributed by atoms with Gasteiger partial charge in [-0.2, -0.15) is 0 Å². The van der Waals surface area contributed by atoms with E-state index in [1.165, 1.54) is 6.26 Å². The van der Waals surface area contributed by atoms with Crippen LogP contribution in [0.5, 0.6) is 0 Å². The van der Waals surface area contributed by atoms with Gasteiger partial charge in [0.25, 0.3) is 11.8 Å². The van der Waals surface area contributed by atoms with Crippen molar-refractivity contribution in [1.82, 2.24) is 19.9 Å². The van der Waals surface area contributed by atoms with Crippen molar-refractivity contribution in [3.8, 4) is 0 Å². The molecule has 1 atom stereocenters. The molecule has 29 heavy (non-hydrogen) atoms. The van der Waals surface area contributed by atoms with E-state index in [1.54, 1.807) is 33.8 Å². The van der Waals surface area contributed by atoms with E-state index in [9.17, 15) is 9.59 Å². The van der Waals surface area contributed by atoms with Gasteiger partial charge in [-0.15, -0.1) is 5.10 Å². The molecule has 1 unspecified atom stereocenters. The van der Waals surface area contributed by atoms with Crippen LogP contribution in [0.4, 0.5) is 5.69 Å². The van der Waals surface area contributed by atoms with Gasteiger partial charge in [0.2, 0.25) is 0 Å². The van der Waals surface area contributed by atoms with Crippen molar-refractivity contribution in [2.75, 3.05) is 18.4 Å². The van der Waals surface area contributed by atoms with Gasteiger partial charge in [0.1, 0.15) is 0 Å². The van der Waals surface area contributed by atoms with E-state index in [2.05, 4.69) is 15.6 Å². The number of nitrogens with one attached hydrogen (secondary N) is 1. The Morgan fingerprint density at radius 1 is 1.34 bits per heavy atom. The molecule has 3 N–H and O–H groups in total. The third-order valence-electron chi connectivity index (χ3n) is 5.07. The zero-order valence-corrected chi connectivity index (χ0v) is 16.0. The minimum atomic E-state index is -0.356. The standard InChI is InChI=1S/C20H22N6O3/c1-13-4-5-14(9-17(13)22-19(27)18-3-2-8-29-18)20(28)25-7-6-16(12-25)26-11-15(10-21)23-24-26/h2-5,8-9,11,16H,6-7,10,12,21H2,1H3,(H,22,27). The maximum absolute atomic E-state index is 13.0. The highest BCUT2D eigenvalue weighted by Crippen LogP contribution is 2.25. The molecule has 150 valence electrons. The Kier molecular flexibility index (Phi) is 5.13. The second kappa shape index (κ2) is 7.88. The summed E-state index contributed by atoms with van der Waals surface area (Å²) in [6.07, 6.45) is 4.07. The molecule has 1 fully saturated rings. The summed E-state index contributed by atoms with van der Waals surface area (Å²) in [5.74, 6) is -0.223. The van der Waals surface area contributed by atoms with Crippen molar-refractivity contribution in [3.05, 3.63) is 65.4 Å². The van der Waals surface area contributed by atoms with Crippen LogP contribution in [0.2, 0.25) is 0 Å². The molecule has 1 saturated heterocycles. The summed E-state index contributed by atoms with van der Waals surface area (Å²) in [6, 6.07) is 8.61. The van der Waals surface area contributed by atoms with Crippen LogP contribution in [-0.2, 0) is 6.54 Å². The topological polar surface area (TPSA) is 119 Å². The number of carbonyl (C=O) groups excluding carboxylic acids is 2. The fourth-order valence-electron chi connectivity index (χ4n) is 3.39. The largest absolute Gasteiger partial charge is 0.459 e. The third-order valence-corrected chi connectivity index (χ3v) is 5.07. The third kappa shape index (κ3) is 3.90. The second-order valence-corrected chi connectivity index (χ2v) is 7.05. The summed E-state index contributed by atoms with van der Waals surface area (Å²) in [5, 5.41) is 10.9. The van der Waals surface area contributed by atoms with Crippen molar-refractivity contribution < 1.29 is 14.0 Å². The van der Waals surface area contributed by atoms with Crippen LogP contribution < -0.4 is 11.1 Å². The molecule has 3 heterocycles. The van der Waals surface area contributed by atoms with Gasteiger partial charge >= 0.3 is 0 Å². The number of likely N-dealkylation sites (tertiary alicyclic amines) is 1. The normalized spacial score (nSPS) is 16.2. The van der Waals surface area contributed by atoms with Crippen LogP contribution in [0, 0.1) is 6.92 Å². The van der Waals surface area contributed by atoms with Gasteiger partial charge in [0.05, 0.1) is 24.2 Å². The first-order chi connectivity index (χ1) is 14.0. The lowest BCUT2D eigenvalue weighted by Crippen LogP contribution is -2.29. The van der Waals surface area contributed by atoms with E-state index >= 15 is 0 Å². The van der Waals surface area contributed by atoms with E-state index in [4.69, 9.17) is 10.2 Å². The Hall–Kier alpha value is -3.46. The molecule has 3 aromatic rings. The SMILES string of the molecule is Cc1ccc(C(=O)N2CCC(n3cc(CN)nn3)C2)cc1NC(=O)c1ccco1. The summed E-state index contributed by atoms with van der Waals surface area (Å²) in [4.78, 5) is 27.0. The molecule has 9 nitrogen and oxygen atoms in total. The summed E-state index contributed by atoms with van der Waals surface area (Å²) < 4.78 is 6.90. The minimum absolute atomic E-state index is 0.0790. The Morgan fingerprint density at radius 2 is 2.21 bits per heavy atom. The molecule has 9 heteroatoms. The van der Waals surface area contributed by atoms with Gasteiger partial charge in [0.15, 0.2) is 5.76 Å². The number of aromatic nitrogens is 3. The summed E-state index contributed by atoms with van der Waals surface area (Å²) in [6.45, 7) is 3.39. The first-order valence-electron chi connectivity index (χ1n) is 9.40. The number of anilines is 1. The van der Waals surface area contributed by atoms with Crippen LogP contribution in [0.15, 0.2) is 47.2 Å². The number of nitrogens with two attached hydrogens (primary N) is 1. The number of aryl methyl sites for hydroxylation is 1. The Bertz CT molecular complexity index is 1030. The molecule has 2 amide bonds. The molecule has 0 aliphatic carbocycles. The number of rotatable bonds is 5. The monoisotopic (exact) mass is 394 g/mol. The molecule has 0 spiro atoms. The molecule has 0 saturated carbocycles. The van der Waals surface area contributed by atoms with E-state index < -0.39 is 0 Å². The lowest BCUT2D eigenvalue weighted by Gasteiger charge is -2.18. The second-order valence-electron chi connectivity index (χ2n) is 7.05. The molecule has 1 aliphatic heterocycles. The van der Waals surface area contributed by atoms with Gasteiger partial charge in [-0.25, -0.2) is 4.68 Å². The molecular weight excluding hydrogens is 372 g/mol. The van der Waals surface area contributed by atoms with Gasteiger partial charge in [-0.1, -0.05) is 11.3 Å². The average Bonchev–Trinajstić information content (AvgIpc) is 3.49. The molecule has 4 rings (SSSR count). The van der Waals surface area contributed by atoms with Crippen LogP contribution in [0.25, 0.3) is 0 Å². The predicted molar refractivity (Wildman–Crippen MR) is 105 cm³/mol. The Morgan fingerprint density at radius 3 is 2.93 bits per heavy atom. The summed E-state index contributed by atoms with van der Waals surface area (Å²) in [5.41, 5.74) is 8.28.